The Bertz CT molecular complexity index is 458. The maximum Gasteiger partial charge on any atom is 0.251 e. The zero-order chi connectivity index (χ0) is 15.3. The molecular weight excluding hydrogens is 268 g/mol. The molecule has 1 amide bonds. The number of amides is 1. The fourth-order valence-corrected chi connectivity index (χ4v) is 2.48. The predicted octanol–water partition coefficient (Wildman–Crippen LogP) is 2.98. The van der Waals surface area contributed by atoms with Crippen LogP contribution in [0, 0.1) is 17.8 Å². The Balaban J connectivity index is 2.64. The van der Waals surface area contributed by atoms with Gasteiger partial charge < -0.3 is 11.1 Å². The molecule has 0 fully saturated rings. The molecule has 0 radical (unpaired) electrons. The lowest BCUT2D eigenvalue weighted by molar-refractivity contribution is 0.0937. The van der Waals surface area contributed by atoms with Gasteiger partial charge in [-0.15, -0.1) is 0 Å². The molecule has 1 aromatic rings. The summed E-state index contributed by atoms with van der Waals surface area (Å²) in [5.74, 6) is 1.53. The van der Waals surface area contributed by atoms with Gasteiger partial charge in [-0.25, -0.2) is 0 Å². The Morgan fingerprint density at radius 3 is 1.95 bits per heavy atom. The molecule has 0 aromatic heterocycles. The smallest absolute Gasteiger partial charge is 0.251 e. The highest BCUT2D eigenvalue weighted by molar-refractivity contribution is 7.80. The first kappa shape index (κ1) is 16.6. The molecule has 0 spiro atoms. The highest BCUT2D eigenvalue weighted by atomic mass is 32.1. The number of carbonyl (C=O) groups is 1. The van der Waals surface area contributed by atoms with E-state index in [0.29, 0.717) is 34.9 Å². The van der Waals surface area contributed by atoms with E-state index in [-0.39, 0.29) is 5.91 Å². The topological polar surface area (TPSA) is 55.1 Å². The predicted molar refractivity (Wildman–Crippen MR) is 87.8 cm³/mol. The second-order valence-electron chi connectivity index (χ2n) is 5.80. The molecule has 0 unspecified atom stereocenters. The first-order valence-electron chi connectivity index (χ1n) is 7.01. The van der Waals surface area contributed by atoms with Crippen molar-refractivity contribution in [2.75, 3.05) is 6.54 Å². The Hall–Kier alpha value is -1.42. The molecule has 0 heterocycles. The largest absolute Gasteiger partial charge is 0.389 e. The van der Waals surface area contributed by atoms with Gasteiger partial charge in [0.1, 0.15) is 4.99 Å². The third-order valence-corrected chi connectivity index (χ3v) is 3.88. The fourth-order valence-electron chi connectivity index (χ4n) is 2.34. The van der Waals surface area contributed by atoms with Crippen molar-refractivity contribution in [2.24, 2.45) is 23.5 Å². The number of thiocarbonyl (C=S) groups is 1. The first-order valence-corrected chi connectivity index (χ1v) is 7.41. The van der Waals surface area contributed by atoms with Gasteiger partial charge in [-0.05, 0) is 29.9 Å². The van der Waals surface area contributed by atoms with Crippen LogP contribution in [0.2, 0.25) is 0 Å². The second kappa shape index (κ2) is 7.39. The summed E-state index contributed by atoms with van der Waals surface area (Å²) in [5, 5.41) is 3.01. The molecule has 110 valence electrons. The normalized spacial score (nSPS) is 11.2. The summed E-state index contributed by atoms with van der Waals surface area (Å²) in [7, 11) is 0. The van der Waals surface area contributed by atoms with Crippen LogP contribution in [0.3, 0.4) is 0 Å². The van der Waals surface area contributed by atoms with Gasteiger partial charge in [0.25, 0.3) is 5.91 Å². The van der Waals surface area contributed by atoms with Crippen LogP contribution < -0.4 is 11.1 Å². The zero-order valence-corrected chi connectivity index (χ0v) is 13.5. The number of hydrogen-bond donors (Lipinski definition) is 2. The standard InChI is InChI=1S/C16H24N2OS/c1-10(2)14(11(3)4)9-18-16(19)13-7-5-12(6-8-13)15(17)20/h5-8,10-11,14H,9H2,1-4H3,(H2,17,20)(H,18,19). The molecule has 0 aliphatic carbocycles. The summed E-state index contributed by atoms with van der Waals surface area (Å²) >= 11 is 4.89. The molecule has 1 rings (SSSR count). The summed E-state index contributed by atoms with van der Waals surface area (Å²) < 4.78 is 0. The Kier molecular flexibility index (Phi) is 6.14. The molecule has 0 aliphatic heterocycles. The van der Waals surface area contributed by atoms with Crippen molar-refractivity contribution < 1.29 is 4.79 Å². The zero-order valence-electron chi connectivity index (χ0n) is 12.6. The monoisotopic (exact) mass is 292 g/mol. The van der Waals surface area contributed by atoms with Crippen molar-refractivity contribution in [1.29, 1.82) is 0 Å². The molecule has 0 aliphatic rings. The molecule has 0 saturated heterocycles. The van der Waals surface area contributed by atoms with E-state index in [0.717, 1.165) is 5.56 Å². The van der Waals surface area contributed by atoms with Crippen molar-refractivity contribution in [3.63, 3.8) is 0 Å². The molecular formula is C16H24N2OS. The molecule has 20 heavy (non-hydrogen) atoms. The van der Waals surface area contributed by atoms with Crippen molar-refractivity contribution in [3.05, 3.63) is 35.4 Å². The van der Waals surface area contributed by atoms with Crippen molar-refractivity contribution in [3.8, 4) is 0 Å². The Morgan fingerprint density at radius 1 is 1.10 bits per heavy atom. The molecule has 0 saturated carbocycles. The van der Waals surface area contributed by atoms with Crippen molar-refractivity contribution >= 4 is 23.1 Å². The minimum Gasteiger partial charge on any atom is -0.389 e. The first-order chi connectivity index (χ1) is 9.32. The maximum absolute atomic E-state index is 12.1. The average Bonchev–Trinajstić information content (AvgIpc) is 2.38. The number of hydrogen-bond acceptors (Lipinski definition) is 2. The maximum atomic E-state index is 12.1. The Morgan fingerprint density at radius 2 is 1.55 bits per heavy atom. The van der Waals surface area contributed by atoms with Crippen LogP contribution in [-0.2, 0) is 0 Å². The van der Waals surface area contributed by atoms with Crippen LogP contribution in [0.15, 0.2) is 24.3 Å². The number of nitrogens with one attached hydrogen (secondary N) is 1. The summed E-state index contributed by atoms with van der Waals surface area (Å²) in [6.45, 7) is 9.45. The van der Waals surface area contributed by atoms with Crippen LogP contribution in [0.1, 0.15) is 43.6 Å². The number of rotatable bonds is 6. The second-order valence-corrected chi connectivity index (χ2v) is 6.24. The van der Waals surface area contributed by atoms with E-state index in [9.17, 15) is 4.79 Å². The number of nitrogens with two attached hydrogens (primary N) is 1. The molecule has 1 aromatic carbocycles. The third kappa shape index (κ3) is 4.60. The molecule has 0 atom stereocenters. The van der Waals surface area contributed by atoms with E-state index < -0.39 is 0 Å². The van der Waals surface area contributed by atoms with Crippen molar-refractivity contribution in [1.82, 2.24) is 5.32 Å². The van der Waals surface area contributed by atoms with Gasteiger partial charge in [0.15, 0.2) is 0 Å². The van der Waals surface area contributed by atoms with E-state index in [1.807, 2.05) is 0 Å². The fraction of sp³-hybridized carbons (Fsp3) is 0.500. The van der Waals surface area contributed by atoms with E-state index in [2.05, 4.69) is 33.0 Å². The summed E-state index contributed by atoms with van der Waals surface area (Å²) in [4.78, 5) is 12.4. The van der Waals surface area contributed by atoms with Crippen LogP contribution >= 0.6 is 12.2 Å². The van der Waals surface area contributed by atoms with Gasteiger partial charge in [-0.1, -0.05) is 52.0 Å². The average molecular weight is 292 g/mol. The summed E-state index contributed by atoms with van der Waals surface area (Å²) in [6, 6.07) is 7.06. The van der Waals surface area contributed by atoms with Crippen molar-refractivity contribution in [2.45, 2.75) is 27.7 Å². The van der Waals surface area contributed by atoms with E-state index in [1.54, 1.807) is 24.3 Å². The third-order valence-electron chi connectivity index (χ3n) is 3.64. The van der Waals surface area contributed by atoms with Crippen LogP contribution in [0.4, 0.5) is 0 Å². The SMILES string of the molecule is CC(C)C(CNC(=O)c1ccc(C(N)=S)cc1)C(C)C. The molecule has 3 N–H and O–H groups in total. The molecule has 3 nitrogen and oxygen atoms in total. The highest BCUT2D eigenvalue weighted by Gasteiger charge is 2.18. The van der Waals surface area contributed by atoms with E-state index in [1.165, 1.54) is 0 Å². The lowest BCUT2D eigenvalue weighted by atomic mass is 9.85. The van der Waals surface area contributed by atoms with Gasteiger partial charge in [0.05, 0.1) is 0 Å². The Labute approximate surface area is 126 Å². The van der Waals surface area contributed by atoms with Gasteiger partial charge in [-0.2, -0.15) is 0 Å². The lowest BCUT2D eigenvalue weighted by Crippen LogP contribution is -2.33. The molecule has 4 heteroatoms. The number of carbonyl (C=O) groups excluding carboxylic acids is 1. The molecule has 0 bridgehead atoms. The lowest BCUT2D eigenvalue weighted by Gasteiger charge is -2.25. The van der Waals surface area contributed by atoms with E-state index in [4.69, 9.17) is 18.0 Å². The van der Waals surface area contributed by atoms with Gasteiger partial charge in [0, 0.05) is 17.7 Å². The van der Waals surface area contributed by atoms with Gasteiger partial charge >= 0.3 is 0 Å². The van der Waals surface area contributed by atoms with Crippen LogP contribution in [0.25, 0.3) is 0 Å². The van der Waals surface area contributed by atoms with Crippen LogP contribution in [-0.4, -0.2) is 17.4 Å². The van der Waals surface area contributed by atoms with Gasteiger partial charge in [0.2, 0.25) is 0 Å². The summed E-state index contributed by atoms with van der Waals surface area (Å²) in [6.07, 6.45) is 0. The van der Waals surface area contributed by atoms with Crippen LogP contribution in [0.5, 0.6) is 0 Å². The number of benzene rings is 1. The minimum atomic E-state index is -0.0502. The quantitative estimate of drug-likeness (QED) is 0.793. The minimum absolute atomic E-state index is 0.0502. The highest BCUT2D eigenvalue weighted by Crippen LogP contribution is 2.19. The van der Waals surface area contributed by atoms with Gasteiger partial charge in [-0.3, -0.25) is 4.79 Å². The summed E-state index contributed by atoms with van der Waals surface area (Å²) in [5.41, 5.74) is 6.95. The van der Waals surface area contributed by atoms with E-state index >= 15 is 0 Å².